The molecule has 1 aliphatic rings. The Hall–Kier alpha value is -1.25. The fourth-order valence-corrected chi connectivity index (χ4v) is 2.34. The predicted octanol–water partition coefficient (Wildman–Crippen LogP) is 1.97. The second kappa shape index (κ2) is 5.81. The maximum atomic E-state index is 10.6. The summed E-state index contributed by atoms with van der Waals surface area (Å²) in [6.07, 6.45) is 2.03. The SMILES string of the molecule is COC1(CNc2ncc([N+](=O)[O-])cc2Br)CCOC1. The molecule has 1 saturated heterocycles. The van der Waals surface area contributed by atoms with E-state index >= 15 is 0 Å². The van der Waals surface area contributed by atoms with E-state index in [4.69, 9.17) is 9.47 Å². The van der Waals surface area contributed by atoms with Crippen molar-refractivity contribution in [3.05, 3.63) is 26.9 Å². The van der Waals surface area contributed by atoms with Crippen LogP contribution in [0, 0.1) is 10.1 Å². The van der Waals surface area contributed by atoms with Crippen LogP contribution >= 0.6 is 15.9 Å². The molecule has 19 heavy (non-hydrogen) atoms. The van der Waals surface area contributed by atoms with Gasteiger partial charge in [-0.15, -0.1) is 0 Å². The highest BCUT2D eigenvalue weighted by Gasteiger charge is 2.35. The van der Waals surface area contributed by atoms with Crippen molar-refractivity contribution in [1.29, 1.82) is 0 Å². The Morgan fingerprint density at radius 1 is 1.74 bits per heavy atom. The van der Waals surface area contributed by atoms with Crippen molar-refractivity contribution in [1.82, 2.24) is 4.98 Å². The lowest BCUT2D eigenvalue weighted by Crippen LogP contribution is -2.39. The summed E-state index contributed by atoms with van der Waals surface area (Å²) < 4.78 is 11.4. The topological polar surface area (TPSA) is 86.5 Å². The molecule has 0 aliphatic carbocycles. The lowest BCUT2D eigenvalue weighted by molar-refractivity contribution is -0.385. The van der Waals surface area contributed by atoms with Crippen molar-refractivity contribution >= 4 is 27.4 Å². The van der Waals surface area contributed by atoms with Gasteiger partial charge in [-0.25, -0.2) is 4.98 Å². The Kier molecular flexibility index (Phi) is 4.33. The molecule has 2 rings (SSSR count). The minimum Gasteiger partial charge on any atom is -0.378 e. The number of ether oxygens (including phenoxy) is 2. The highest BCUT2D eigenvalue weighted by atomic mass is 79.9. The fraction of sp³-hybridized carbons (Fsp3) is 0.545. The predicted molar refractivity (Wildman–Crippen MR) is 72.3 cm³/mol. The van der Waals surface area contributed by atoms with Crippen molar-refractivity contribution in [3.63, 3.8) is 0 Å². The number of hydrogen-bond acceptors (Lipinski definition) is 6. The van der Waals surface area contributed by atoms with E-state index in [1.807, 2.05) is 0 Å². The highest BCUT2D eigenvalue weighted by molar-refractivity contribution is 9.10. The van der Waals surface area contributed by atoms with Crippen molar-refractivity contribution in [3.8, 4) is 0 Å². The average molecular weight is 332 g/mol. The van der Waals surface area contributed by atoms with E-state index in [9.17, 15) is 10.1 Å². The first-order chi connectivity index (χ1) is 9.06. The molecular formula is C11H14BrN3O4. The second-order valence-corrected chi connectivity index (χ2v) is 5.18. The van der Waals surface area contributed by atoms with E-state index in [0.717, 1.165) is 6.42 Å². The Balaban J connectivity index is 2.05. The third-order valence-corrected chi connectivity index (χ3v) is 3.72. The van der Waals surface area contributed by atoms with E-state index in [2.05, 4.69) is 26.2 Å². The number of pyridine rings is 1. The molecule has 104 valence electrons. The zero-order valence-electron chi connectivity index (χ0n) is 10.4. The van der Waals surface area contributed by atoms with Crippen molar-refractivity contribution in [2.24, 2.45) is 0 Å². The molecular weight excluding hydrogens is 318 g/mol. The average Bonchev–Trinajstić information content (AvgIpc) is 2.86. The van der Waals surface area contributed by atoms with Crippen LogP contribution < -0.4 is 5.32 Å². The van der Waals surface area contributed by atoms with Crippen LogP contribution in [0.3, 0.4) is 0 Å². The fourth-order valence-electron chi connectivity index (χ4n) is 1.86. The van der Waals surface area contributed by atoms with E-state index in [0.29, 0.717) is 30.0 Å². The number of methoxy groups -OCH3 is 1. The largest absolute Gasteiger partial charge is 0.378 e. The van der Waals surface area contributed by atoms with E-state index in [1.54, 1.807) is 7.11 Å². The van der Waals surface area contributed by atoms with Gasteiger partial charge in [-0.1, -0.05) is 0 Å². The standard InChI is InChI=1S/C11H14BrN3O4/c1-18-11(2-3-19-7-11)6-14-10-9(12)4-8(5-13-10)15(16)17/h4-5H,2-3,6-7H2,1H3,(H,13,14). The summed E-state index contributed by atoms with van der Waals surface area (Å²) in [5, 5.41) is 13.7. The number of rotatable bonds is 5. The number of nitro groups is 1. The molecule has 0 aromatic carbocycles. The van der Waals surface area contributed by atoms with Crippen LogP contribution in [0.1, 0.15) is 6.42 Å². The molecule has 1 fully saturated rings. The summed E-state index contributed by atoms with van der Waals surface area (Å²) in [6, 6.07) is 1.42. The molecule has 1 aliphatic heterocycles. The Bertz CT molecular complexity index is 477. The van der Waals surface area contributed by atoms with Gasteiger partial charge in [-0.05, 0) is 15.9 Å². The summed E-state index contributed by atoms with van der Waals surface area (Å²) in [6.45, 7) is 1.73. The molecule has 0 spiro atoms. The minimum absolute atomic E-state index is 0.0527. The normalized spacial score (nSPS) is 22.4. The maximum Gasteiger partial charge on any atom is 0.288 e. The summed E-state index contributed by atoms with van der Waals surface area (Å²) in [7, 11) is 1.65. The third kappa shape index (κ3) is 3.20. The van der Waals surface area contributed by atoms with Crippen LogP contribution in [-0.2, 0) is 9.47 Å². The van der Waals surface area contributed by atoms with Gasteiger partial charge in [0.1, 0.15) is 17.6 Å². The maximum absolute atomic E-state index is 10.6. The van der Waals surface area contributed by atoms with Crippen molar-refractivity contribution < 1.29 is 14.4 Å². The first-order valence-electron chi connectivity index (χ1n) is 5.73. The van der Waals surface area contributed by atoms with E-state index < -0.39 is 4.92 Å². The lowest BCUT2D eigenvalue weighted by atomic mass is 10.0. The molecule has 7 nitrogen and oxygen atoms in total. The van der Waals surface area contributed by atoms with Crippen LogP contribution in [0.4, 0.5) is 11.5 Å². The van der Waals surface area contributed by atoms with Gasteiger partial charge in [0.2, 0.25) is 0 Å². The van der Waals surface area contributed by atoms with Gasteiger partial charge in [-0.3, -0.25) is 10.1 Å². The van der Waals surface area contributed by atoms with Gasteiger partial charge in [-0.2, -0.15) is 0 Å². The summed E-state index contributed by atoms with van der Waals surface area (Å²) in [4.78, 5) is 14.2. The third-order valence-electron chi connectivity index (χ3n) is 3.12. The minimum atomic E-state index is -0.483. The molecule has 0 radical (unpaired) electrons. The van der Waals surface area contributed by atoms with Crippen molar-refractivity contribution in [2.45, 2.75) is 12.0 Å². The number of anilines is 1. The van der Waals surface area contributed by atoms with Gasteiger partial charge in [0.05, 0.1) is 16.0 Å². The summed E-state index contributed by atoms with van der Waals surface area (Å²) in [5.74, 6) is 0.550. The van der Waals surface area contributed by atoms with Gasteiger partial charge in [0, 0.05) is 32.7 Å². The van der Waals surface area contributed by atoms with Crippen molar-refractivity contribution in [2.75, 3.05) is 32.2 Å². The quantitative estimate of drug-likeness (QED) is 0.655. The molecule has 0 bridgehead atoms. The molecule has 1 unspecified atom stereocenters. The van der Waals surface area contributed by atoms with Gasteiger partial charge in [0.15, 0.2) is 0 Å². The molecule has 1 N–H and O–H groups in total. The zero-order chi connectivity index (χ0) is 13.9. The van der Waals surface area contributed by atoms with Crippen LogP contribution in [0.25, 0.3) is 0 Å². The Morgan fingerprint density at radius 3 is 3.05 bits per heavy atom. The first kappa shape index (κ1) is 14.2. The molecule has 1 atom stereocenters. The molecule has 1 aromatic heterocycles. The molecule has 0 saturated carbocycles. The Labute approximate surface area is 118 Å². The van der Waals surface area contributed by atoms with Gasteiger partial charge in [0.25, 0.3) is 5.69 Å². The summed E-state index contributed by atoms with van der Waals surface area (Å²) in [5.41, 5.74) is -0.411. The van der Waals surface area contributed by atoms with Gasteiger partial charge < -0.3 is 14.8 Å². The molecule has 8 heteroatoms. The first-order valence-corrected chi connectivity index (χ1v) is 6.52. The molecule has 1 aromatic rings. The number of hydrogen-bond donors (Lipinski definition) is 1. The number of nitrogens with one attached hydrogen (secondary N) is 1. The smallest absolute Gasteiger partial charge is 0.288 e. The van der Waals surface area contributed by atoms with E-state index in [1.165, 1.54) is 12.3 Å². The molecule has 2 heterocycles. The Morgan fingerprint density at radius 2 is 2.53 bits per heavy atom. The molecule has 0 amide bonds. The monoisotopic (exact) mass is 331 g/mol. The zero-order valence-corrected chi connectivity index (χ0v) is 12.0. The van der Waals surface area contributed by atoms with E-state index in [-0.39, 0.29) is 11.3 Å². The lowest BCUT2D eigenvalue weighted by Gasteiger charge is -2.26. The van der Waals surface area contributed by atoms with Crippen LogP contribution in [-0.4, -0.2) is 42.4 Å². The van der Waals surface area contributed by atoms with Crippen LogP contribution in [0.15, 0.2) is 16.7 Å². The highest BCUT2D eigenvalue weighted by Crippen LogP contribution is 2.27. The summed E-state index contributed by atoms with van der Waals surface area (Å²) >= 11 is 3.26. The van der Waals surface area contributed by atoms with Gasteiger partial charge >= 0.3 is 0 Å². The number of nitrogens with zero attached hydrogens (tertiary/aromatic N) is 2. The van der Waals surface area contributed by atoms with Crippen LogP contribution in [0.5, 0.6) is 0 Å². The number of aromatic nitrogens is 1. The second-order valence-electron chi connectivity index (χ2n) is 4.32. The number of halogens is 1. The van der Waals surface area contributed by atoms with Crippen LogP contribution in [0.2, 0.25) is 0 Å².